The maximum absolute atomic E-state index is 11.6. The van der Waals surface area contributed by atoms with Gasteiger partial charge < -0.3 is 10.2 Å². The Hall–Kier alpha value is -3.66. The molecule has 5 rings (SSSR count). The van der Waals surface area contributed by atoms with E-state index in [4.69, 9.17) is 15.1 Å². The molecule has 1 fully saturated rings. The first-order valence-corrected chi connectivity index (χ1v) is 11.7. The van der Waals surface area contributed by atoms with E-state index in [1.54, 1.807) is 6.07 Å². The van der Waals surface area contributed by atoms with Crippen LogP contribution in [0.4, 0.5) is 0 Å². The zero-order valence-corrected chi connectivity index (χ0v) is 18.6. The molecule has 4 heteroatoms. The first kappa shape index (κ1) is 21.2. The molecule has 0 radical (unpaired) electrons. The molecule has 166 valence electrons. The molecule has 0 saturated heterocycles. The van der Waals surface area contributed by atoms with Gasteiger partial charge in [0.25, 0.3) is 0 Å². The highest BCUT2D eigenvalue weighted by atomic mass is 16.4. The van der Waals surface area contributed by atoms with Crippen LogP contribution in [-0.4, -0.2) is 10.9 Å². The van der Waals surface area contributed by atoms with Crippen LogP contribution in [0.15, 0.2) is 89.3 Å². The molecular formula is C29H28N2O2. The molecule has 0 bridgehead atoms. The number of primary amides is 1. The highest BCUT2D eigenvalue weighted by Crippen LogP contribution is 2.43. The Morgan fingerprint density at radius 1 is 0.879 bits per heavy atom. The van der Waals surface area contributed by atoms with E-state index in [1.807, 2.05) is 48.5 Å². The lowest BCUT2D eigenvalue weighted by atomic mass is 9.76. The van der Waals surface area contributed by atoms with Crippen LogP contribution in [-0.2, 0) is 6.42 Å². The zero-order chi connectivity index (χ0) is 22.6. The van der Waals surface area contributed by atoms with E-state index in [9.17, 15) is 4.79 Å². The van der Waals surface area contributed by atoms with Gasteiger partial charge in [-0.2, -0.15) is 0 Å². The van der Waals surface area contributed by atoms with Gasteiger partial charge in [0.2, 0.25) is 5.91 Å². The molecule has 3 aromatic carbocycles. The van der Waals surface area contributed by atoms with Gasteiger partial charge in [0.05, 0.1) is 0 Å². The van der Waals surface area contributed by atoms with Crippen molar-refractivity contribution >= 4 is 5.91 Å². The van der Waals surface area contributed by atoms with Crippen molar-refractivity contribution in [1.82, 2.24) is 4.98 Å². The summed E-state index contributed by atoms with van der Waals surface area (Å²) in [5.41, 5.74) is 10.2. The Labute approximate surface area is 194 Å². The molecule has 1 amide bonds. The second kappa shape index (κ2) is 9.45. The van der Waals surface area contributed by atoms with Crippen LogP contribution < -0.4 is 5.73 Å². The van der Waals surface area contributed by atoms with Crippen LogP contribution in [0.3, 0.4) is 0 Å². The van der Waals surface area contributed by atoms with Crippen LogP contribution in [0, 0.1) is 5.92 Å². The Morgan fingerprint density at radius 2 is 1.58 bits per heavy atom. The zero-order valence-electron chi connectivity index (χ0n) is 18.6. The quantitative estimate of drug-likeness (QED) is 0.369. The van der Waals surface area contributed by atoms with Crippen molar-refractivity contribution in [2.24, 2.45) is 11.7 Å². The molecule has 2 atom stereocenters. The molecule has 1 heterocycles. The van der Waals surface area contributed by atoms with E-state index in [0.29, 0.717) is 11.5 Å². The van der Waals surface area contributed by atoms with Crippen molar-refractivity contribution in [3.8, 4) is 22.6 Å². The maximum atomic E-state index is 11.6. The smallest absolute Gasteiger partial charge is 0.248 e. The SMILES string of the molecule is NC(=O)c1cccc(C[C@@H]2CCCCC2c2nc(-c3ccccc3)c(-c3ccccc3)o2)c1. The topological polar surface area (TPSA) is 69.1 Å². The molecule has 4 nitrogen and oxygen atoms in total. The lowest BCUT2D eigenvalue weighted by Gasteiger charge is -2.29. The summed E-state index contributed by atoms with van der Waals surface area (Å²) in [6, 6.07) is 28.2. The monoisotopic (exact) mass is 436 g/mol. The first-order valence-electron chi connectivity index (χ1n) is 11.7. The van der Waals surface area contributed by atoms with Gasteiger partial charge in [-0.15, -0.1) is 0 Å². The molecule has 0 aliphatic heterocycles. The molecule has 2 N–H and O–H groups in total. The second-order valence-electron chi connectivity index (χ2n) is 8.88. The van der Waals surface area contributed by atoms with E-state index >= 15 is 0 Å². The number of oxazole rings is 1. The van der Waals surface area contributed by atoms with E-state index in [-0.39, 0.29) is 11.8 Å². The number of amides is 1. The average Bonchev–Trinajstić information content (AvgIpc) is 3.31. The third-order valence-electron chi connectivity index (χ3n) is 6.66. The van der Waals surface area contributed by atoms with Crippen molar-refractivity contribution < 1.29 is 9.21 Å². The van der Waals surface area contributed by atoms with Crippen molar-refractivity contribution in [2.45, 2.75) is 38.0 Å². The largest absolute Gasteiger partial charge is 0.440 e. The Morgan fingerprint density at radius 3 is 2.30 bits per heavy atom. The minimum atomic E-state index is -0.384. The lowest BCUT2D eigenvalue weighted by molar-refractivity contribution is 0.1000. The second-order valence-corrected chi connectivity index (χ2v) is 8.88. The number of hydrogen-bond donors (Lipinski definition) is 1. The number of carbonyl (C=O) groups is 1. The van der Waals surface area contributed by atoms with Gasteiger partial charge >= 0.3 is 0 Å². The van der Waals surface area contributed by atoms with Crippen molar-refractivity contribution in [3.05, 3.63) is 102 Å². The number of nitrogens with two attached hydrogens (primary N) is 1. The van der Waals surface area contributed by atoms with Crippen LogP contribution in [0.2, 0.25) is 0 Å². The van der Waals surface area contributed by atoms with Gasteiger partial charge in [-0.25, -0.2) is 4.98 Å². The third kappa shape index (κ3) is 4.61. The van der Waals surface area contributed by atoms with Gasteiger partial charge in [-0.3, -0.25) is 4.79 Å². The fraction of sp³-hybridized carbons (Fsp3) is 0.241. The van der Waals surface area contributed by atoms with Crippen LogP contribution in [0.5, 0.6) is 0 Å². The summed E-state index contributed by atoms with van der Waals surface area (Å²) in [5, 5.41) is 0. The fourth-order valence-electron chi connectivity index (χ4n) is 5.00. The van der Waals surface area contributed by atoms with Crippen LogP contribution >= 0.6 is 0 Å². The molecule has 0 spiro atoms. The van der Waals surface area contributed by atoms with Crippen LogP contribution in [0.25, 0.3) is 22.6 Å². The summed E-state index contributed by atoms with van der Waals surface area (Å²) in [4.78, 5) is 16.7. The summed E-state index contributed by atoms with van der Waals surface area (Å²) in [7, 11) is 0. The standard InChI is InChI=1S/C29H28N2O2/c30-28(32)24-16-9-10-20(19-24)18-23-15-7-8-17-25(23)29-31-26(21-11-3-1-4-12-21)27(33-29)22-13-5-2-6-14-22/h1-6,9-14,16,19,23,25H,7-8,15,17-18H2,(H2,30,32)/t23-,25?/m0/s1. The van der Waals surface area contributed by atoms with Crippen molar-refractivity contribution in [1.29, 1.82) is 0 Å². The summed E-state index contributed by atoms with van der Waals surface area (Å²) in [6.07, 6.45) is 5.44. The Balaban J connectivity index is 1.51. The molecule has 1 aliphatic carbocycles. The number of nitrogens with zero attached hydrogens (tertiary/aromatic N) is 1. The van der Waals surface area contributed by atoms with Crippen molar-refractivity contribution in [3.63, 3.8) is 0 Å². The number of benzene rings is 3. The summed E-state index contributed by atoms with van der Waals surface area (Å²) in [5.74, 6) is 1.92. The number of aromatic nitrogens is 1. The number of rotatable bonds is 6. The van der Waals surface area contributed by atoms with Gasteiger partial charge in [0.1, 0.15) is 5.69 Å². The van der Waals surface area contributed by atoms with E-state index in [1.165, 1.54) is 12.8 Å². The Bertz CT molecular complexity index is 1170. The molecule has 1 saturated carbocycles. The fourth-order valence-corrected chi connectivity index (χ4v) is 5.00. The predicted octanol–water partition coefficient (Wildman–Crippen LogP) is 6.62. The molecule has 1 aromatic heterocycles. The summed E-state index contributed by atoms with van der Waals surface area (Å²) in [6.45, 7) is 0. The highest BCUT2D eigenvalue weighted by molar-refractivity contribution is 5.92. The maximum Gasteiger partial charge on any atom is 0.248 e. The van der Waals surface area contributed by atoms with Crippen molar-refractivity contribution in [2.75, 3.05) is 0 Å². The molecule has 33 heavy (non-hydrogen) atoms. The predicted molar refractivity (Wildman–Crippen MR) is 131 cm³/mol. The van der Waals surface area contributed by atoms with Gasteiger partial charge in [0.15, 0.2) is 11.7 Å². The molecule has 1 unspecified atom stereocenters. The highest BCUT2D eigenvalue weighted by Gasteiger charge is 2.32. The molecule has 4 aromatic rings. The van der Waals surface area contributed by atoms with Gasteiger partial charge in [-0.05, 0) is 42.9 Å². The van der Waals surface area contributed by atoms with E-state index in [0.717, 1.165) is 53.3 Å². The average molecular weight is 437 g/mol. The molecular weight excluding hydrogens is 408 g/mol. The third-order valence-corrected chi connectivity index (χ3v) is 6.66. The molecule has 1 aliphatic rings. The first-order chi connectivity index (χ1) is 16.2. The minimum Gasteiger partial charge on any atom is -0.440 e. The van der Waals surface area contributed by atoms with Gasteiger partial charge in [0, 0.05) is 22.6 Å². The normalized spacial score (nSPS) is 18.2. The Kier molecular flexibility index (Phi) is 6.07. The minimum absolute atomic E-state index is 0.246. The summed E-state index contributed by atoms with van der Waals surface area (Å²) < 4.78 is 6.54. The lowest BCUT2D eigenvalue weighted by Crippen LogP contribution is -2.20. The number of hydrogen-bond acceptors (Lipinski definition) is 3. The van der Waals surface area contributed by atoms with E-state index < -0.39 is 0 Å². The summed E-state index contributed by atoms with van der Waals surface area (Å²) >= 11 is 0. The van der Waals surface area contributed by atoms with E-state index in [2.05, 4.69) is 30.3 Å². The number of carbonyl (C=O) groups excluding carboxylic acids is 1. The van der Waals surface area contributed by atoms with Gasteiger partial charge in [-0.1, -0.05) is 85.6 Å². The van der Waals surface area contributed by atoms with Crippen LogP contribution in [0.1, 0.15) is 53.4 Å².